The highest BCUT2D eigenvalue weighted by Crippen LogP contribution is 2.55. The molecular formula is C15H21NO2. The van der Waals surface area contributed by atoms with E-state index in [4.69, 9.17) is 11.3 Å². The summed E-state index contributed by atoms with van der Waals surface area (Å²) in [5, 5.41) is 0. The molecule has 2 aliphatic rings. The van der Waals surface area contributed by atoms with Gasteiger partial charge in [0.1, 0.15) is 0 Å². The number of hydrogen-bond donors (Lipinski definition) is 0. The van der Waals surface area contributed by atoms with Gasteiger partial charge in [-0.25, -0.2) is 4.85 Å². The van der Waals surface area contributed by atoms with Crippen LogP contribution in [0.25, 0.3) is 4.85 Å². The zero-order chi connectivity index (χ0) is 13.6. The van der Waals surface area contributed by atoms with Crippen molar-refractivity contribution in [3.8, 4) is 0 Å². The summed E-state index contributed by atoms with van der Waals surface area (Å²) < 4.78 is 5.48. The van der Waals surface area contributed by atoms with Crippen molar-refractivity contribution in [1.29, 1.82) is 0 Å². The van der Waals surface area contributed by atoms with Crippen LogP contribution in [-0.2, 0) is 9.53 Å². The quantitative estimate of drug-likeness (QED) is 0.666. The first-order valence-corrected chi connectivity index (χ1v) is 6.53. The molecule has 0 heterocycles. The van der Waals surface area contributed by atoms with E-state index in [2.05, 4.69) is 11.8 Å². The molecule has 18 heavy (non-hydrogen) atoms. The molecule has 0 radical (unpaired) electrons. The molecule has 0 N–H and O–H groups in total. The van der Waals surface area contributed by atoms with Crippen molar-refractivity contribution in [2.45, 2.75) is 46.1 Å². The second-order valence-electron chi connectivity index (χ2n) is 6.39. The Morgan fingerprint density at radius 2 is 2.06 bits per heavy atom. The van der Waals surface area contributed by atoms with Gasteiger partial charge in [-0.1, -0.05) is 26.8 Å². The van der Waals surface area contributed by atoms with Crippen LogP contribution >= 0.6 is 0 Å². The number of nitrogens with zero attached hydrogens (tertiary/aromatic N) is 1. The molecule has 3 heteroatoms. The van der Waals surface area contributed by atoms with E-state index >= 15 is 0 Å². The number of hydrogen-bond acceptors (Lipinski definition) is 2. The summed E-state index contributed by atoms with van der Waals surface area (Å²) in [6, 6.07) is 0. The Labute approximate surface area is 109 Å². The lowest BCUT2D eigenvalue weighted by molar-refractivity contribution is -0.133. The summed E-state index contributed by atoms with van der Waals surface area (Å²) >= 11 is 0. The van der Waals surface area contributed by atoms with E-state index in [0.29, 0.717) is 11.6 Å². The van der Waals surface area contributed by atoms with Gasteiger partial charge in [-0.2, -0.15) is 0 Å². The number of Topliss-reactive ketones (excluding diaryl/α,β-unsaturated/α-hetero) is 1. The minimum absolute atomic E-state index is 0.0100. The molecule has 0 aromatic rings. The topological polar surface area (TPSA) is 30.7 Å². The number of allylic oxidation sites excluding steroid dienone is 2. The van der Waals surface area contributed by atoms with Crippen molar-refractivity contribution in [3.05, 3.63) is 23.2 Å². The van der Waals surface area contributed by atoms with Crippen molar-refractivity contribution >= 4 is 5.78 Å². The normalized spacial score (nSPS) is 38.6. The molecule has 1 fully saturated rings. The Balaban J connectivity index is 2.46. The standard InChI is InChI=1S/C15H21NO2/c1-14(2)12-7-6-10(18-5)8-15(12,3)9-11(16-4)13(14)17/h9-10,12H,6-8H2,1-3,5H3/t10-,12-,15-/m0/s1. The van der Waals surface area contributed by atoms with E-state index in [1.165, 1.54) is 0 Å². The van der Waals surface area contributed by atoms with Crippen LogP contribution < -0.4 is 0 Å². The molecule has 0 spiro atoms. The Kier molecular flexibility index (Phi) is 3.11. The minimum atomic E-state index is -0.428. The highest BCUT2D eigenvalue weighted by atomic mass is 16.5. The van der Waals surface area contributed by atoms with Crippen molar-refractivity contribution in [1.82, 2.24) is 0 Å². The van der Waals surface area contributed by atoms with Crippen LogP contribution in [0, 0.1) is 23.3 Å². The lowest BCUT2D eigenvalue weighted by Gasteiger charge is -2.52. The van der Waals surface area contributed by atoms with E-state index in [0.717, 1.165) is 19.3 Å². The van der Waals surface area contributed by atoms with Gasteiger partial charge < -0.3 is 9.53 Å². The lowest BCUT2D eigenvalue weighted by Crippen LogP contribution is -2.50. The van der Waals surface area contributed by atoms with E-state index < -0.39 is 5.41 Å². The average molecular weight is 247 g/mol. The maximum atomic E-state index is 12.3. The summed E-state index contributed by atoms with van der Waals surface area (Å²) in [6.07, 6.45) is 5.07. The third-order valence-electron chi connectivity index (χ3n) is 4.85. The summed E-state index contributed by atoms with van der Waals surface area (Å²) in [4.78, 5) is 15.7. The van der Waals surface area contributed by atoms with Crippen molar-refractivity contribution in [2.75, 3.05) is 7.11 Å². The van der Waals surface area contributed by atoms with Gasteiger partial charge in [0.05, 0.1) is 12.7 Å². The molecule has 0 bridgehead atoms. The Morgan fingerprint density at radius 3 is 2.61 bits per heavy atom. The molecule has 0 unspecified atom stereocenters. The zero-order valence-corrected chi connectivity index (χ0v) is 11.6. The van der Waals surface area contributed by atoms with Gasteiger partial charge in [0.15, 0.2) is 5.78 Å². The van der Waals surface area contributed by atoms with Crippen LogP contribution in [0.5, 0.6) is 0 Å². The van der Waals surface area contributed by atoms with Gasteiger partial charge in [-0.05, 0) is 30.6 Å². The molecular weight excluding hydrogens is 226 g/mol. The van der Waals surface area contributed by atoms with Crippen LogP contribution in [-0.4, -0.2) is 19.0 Å². The number of ether oxygens (including phenoxy) is 1. The van der Waals surface area contributed by atoms with Crippen LogP contribution in [0.2, 0.25) is 0 Å². The molecule has 3 nitrogen and oxygen atoms in total. The van der Waals surface area contributed by atoms with E-state index in [1.807, 2.05) is 19.9 Å². The smallest absolute Gasteiger partial charge is 0.226 e. The molecule has 1 saturated carbocycles. The summed E-state index contributed by atoms with van der Waals surface area (Å²) in [6.45, 7) is 13.3. The molecule has 2 aliphatic carbocycles. The molecule has 0 saturated heterocycles. The zero-order valence-electron chi connectivity index (χ0n) is 11.6. The molecule has 2 rings (SSSR count). The highest BCUT2D eigenvalue weighted by molar-refractivity contribution is 6.02. The van der Waals surface area contributed by atoms with Gasteiger partial charge >= 0.3 is 0 Å². The predicted molar refractivity (Wildman–Crippen MR) is 69.7 cm³/mol. The molecule has 0 aliphatic heterocycles. The first-order valence-electron chi connectivity index (χ1n) is 6.53. The van der Waals surface area contributed by atoms with Gasteiger partial charge in [-0.3, -0.25) is 0 Å². The highest BCUT2D eigenvalue weighted by Gasteiger charge is 2.53. The maximum absolute atomic E-state index is 12.3. The minimum Gasteiger partial charge on any atom is -0.381 e. The molecule has 0 aromatic carbocycles. The number of methoxy groups -OCH3 is 1. The summed E-state index contributed by atoms with van der Waals surface area (Å²) in [7, 11) is 1.74. The van der Waals surface area contributed by atoms with Gasteiger partial charge in [0, 0.05) is 12.5 Å². The van der Waals surface area contributed by atoms with Gasteiger partial charge in [-0.15, -0.1) is 0 Å². The number of ketones is 1. The fraction of sp³-hybridized carbons (Fsp3) is 0.733. The first kappa shape index (κ1) is 13.3. The van der Waals surface area contributed by atoms with Crippen molar-refractivity contribution in [3.63, 3.8) is 0 Å². The second-order valence-corrected chi connectivity index (χ2v) is 6.39. The predicted octanol–water partition coefficient (Wildman–Crippen LogP) is 3.22. The number of carbonyl (C=O) groups excluding carboxylic acids is 1. The van der Waals surface area contributed by atoms with Crippen molar-refractivity contribution in [2.24, 2.45) is 16.7 Å². The Morgan fingerprint density at radius 1 is 1.39 bits per heavy atom. The van der Waals surface area contributed by atoms with Gasteiger partial charge in [0.25, 0.3) is 0 Å². The number of fused-ring (bicyclic) bond motifs is 1. The molecule has 0 amide bonds. The average Bonchev–Trinajstić information content (AvgIpc) is 2.33. The fourth-order valence-corrected chi connectivity index (χ4v) is 3.91. The largest absolute Gasteiger partial charge is 0.381 e. The third kappa shape index (κ3) is 1.80. The monoisotopic (exact) mass is 247 g/mol. The van der Waals surface area contributed by atoms with Crippen LogP contribution in [0.4, 0.5) is 0 Å². The van der Waals surface area contributed by atoms with Crippen LogP contribution in [0.15, 0.2) is 11.8 Å². The number of carbonyl (C=O) groups is 1. The molecule has 0 aromatic heterocycles. The third-order valence-corrected chi connectivity index (χ3v) is 4.85. The van der Waals surface area contributed by atoms with E-state index in [1.54, 1.807) is 7.11 Å². The van der Waals surface area contributed by atoms with Crippen LogP contribution in [0.3, 0.4) is 0 Å². The van der Waals surface area contributed by atoms with Crippen LogP contribution in [0.1, 0.15) is 40.0 Å². The molecule has 98 valence electrons. The lowest BCUT2D eigenvalue weighted by atomic mass is 9.53. The van der Waals surface area contributed by atoms with E-state index in [9.17, 15) is 4.79 Å². The Bertz CT molecular complexity index is 444. The van der Waals surface area contributed by atoms with E-state index in [-0.39, 0.29) is 17.3 Å². The Hall–Kier alpha value is -1.14. The van der Waals surface area contributed by atoms with Crippen molar-refractivity contribution < 1.29 is 9.53 Å². The summed E-state index contributed by atoms with van der Waals surface area (Å²) in [5.41, 5.74) is -0.200. The SMILES string of the molecule is [C-]#[N+]C1=C[C@]2(C)C[C@@H](OC)CC[C@H]2C(C)(C)C1=O. The maximum Gasteiger partial charge on any atom is 0.226 e. The summed E-state index contributed by atoms with van der Waals surface area (Å²) in [5.74, 6) is 0.324. The fourth-order valence-electron chi connectivity index (χ4n) is 3.91. The number of rotatable bonds is 1. The second kappa shape index (κ2) is 4.20. The van der Waals surface area contributed by atoms with Gasteiger partial charge in [0.2, 0.25) is 5.70 Å². The first-order chi connectivity index (χ1) is 8.35. The molecule has 3 atom stereocenters.